The van der Waals surface area contributed by atoms with Crippen LogP contribution in [0.3, 0.4) is 0 Å². The Morgan fingerprint density at radius 3 is 1.80 bits per heavy atom. The number of rotatable bonds is 0. The van der Waals surface area contributed by atoms with Gasteiger partial charge in [-0.25, -0.2) is 0 Å². The number of thiol groups is 1. The molecule has 0 amide bonds. The van der Waals surface area contributed by atoms with Crippen molar-refractivity contribution in [3.05, 3.63) is 0 Å². The average molecular weight is 88.0 g/mol. The molecule has 0 spiro atoms. The summed E-state index contributed by atoms with van der Waals surface area (Å²) < 4.78 is 0. The summed E-state index contributed by atoms with van der Waals surface area (Å²) in [5, 5.41) is 0. The van der Waals surface area contributed by atoms with Crippen LogP contribution in [0, 0.1) is 0 Å². The molecule has 0 saturated carbocycles. The minimum absolute atomic E-state index is 0.389. The Labute approximate surface area is 34.7 Å². The summed E-state index contributed by atoms with van der Waals surface area (Å²) in [5.74, 6) is 2.90. The van der Waals surface area contributed by atoms with Gasteiger partial charge in [-0.2, -0.15) is 0 Å². The van der Waals surface area contributed by atoms with E-state index < -0.39 is 0 Å². The monoisotopic (exact) mass is 88.1 g/mol. The first-order chi connectivity index (χ1) is 2.21. The second-order valence-corrected chi connectivity index (χ2v) is 6.20. The predicted octanol–water partition coefficient (Wildman–Crippen LogP) is -0.0175. The van der Waals surface area contributed by atoms with Crippen molar-refractivity contribution in [2.75, 3.05) is 17.8 Å². The van der Waals surface area contributed by atoms with E-state index in [1.54, 1.807) is 0 Å². The van der Waals surface area contributed by atoms with Crippen LogP contribution in [0.2, 0.25) is 0 Å². The Bertz CT molecular complexity index is 78.9. The molecule has 0 atom stereocenters. The van der Waals surface area contributed by atoms with E-state index in [0.717, 1.165) is 0 Å². The molecule has 0 N–H and O–H groups in total. The van der Waals surface area contributed by atoms with Crippen LogP contribution in [0.1, 0.15) is 0 Å². The van der Waals surface area contributed by atoms with Crippen LogP contribution in [-0.2, 0) is 0 Å². The van der Waals surface area contributed by atoms with Gasteiger partial charge in [0.25, 0.3) is 0 Å². The topological polar surface area (TPSA) is 0 Å². The summed E-state index contributed by atoms with van der Waals surface area (Å²) in [6.07, 6.45) is 2.30. The summed E-state index contributed by atoms with van der Waals surface area (Å²) in [5.41, 5.74) is 0. The third-order valence-corrected chi connectivity index (χ3v) is 2.96. The fraction of sp³-hybridized carbons (Fsp3) is 1.00. The summed E-state index contributed by atoms with van der Waals surface area (Å²) in [6, 6.07) is 0. The molecule has 0 aromatic heterocycles. The van der Waals surface area contributed by atoms with Gasteiger partial charge in [0.15, 0.2) is 0 Å². The molecule has 0 aliphatic carbocycles. The summed E-state index contributed by atoms with van der Waals surface area (Å²) in [4.78, 5) is 0. The maximum atomic E-state index is 3.99. The average Bonchev–Trinajstić information content (AvgIpc) is 1.76. The van der Waals surface area contributed by atoms with Gasteiger partial charge in [0.05, 0.1) is 0 Å². The zero-order valence-corrected chi connectivity index (χ0v) is 4.46. The predicted molar refractivity (Wildman–Crippen MR) is 31.8 cm³/mol. The molecule has 30 valence electrons. The fourth-order valence-electron chi connectivity index (χ4n) is 0.171. The Hall–Kier alpha value is 0.415. The Morgan fingerprint density at radius 2 is 1.80 bits per heavy atom. The van der Waals surface area contributed by atoms with Crippen LogP contribution in [-0.4, -0.2) is 24.5 Å². The van der Waals surface area contributed by atoms with Crippen molar-refractivity contribution in [2.45, 2.75) is 0 Å². The van der Waals surface area contributed by atoms with Gasteiger partial charge in [-0.3, -0.25) is 0 Å². The van der Waals surface area contributed by atoms with E-state index in [1.165, 1.54) is 11.5 Å². The van der Waals surface area contributed by atoms with E-state index in [0.29, 0.717) is 0 Å². The standard InChI is InChI=1S/C3H9BS/c1-5(4)2-3-5/h4-5H,2-3H2,1H3. The van der Waals surface area contributed by atoms with Gasteiger partial charge in [-0.05, 0) is 0 Å². The van der Waals surface area contributed by atoms with Crippen molar-refractivity contribution in [3.63, 3.8) is 0 Å². The second-order valence-electron chi connectivity index (χ2n) is 2.07. The van der Waals surface area contributed by atoms with Crippen LogP contribution in [0.5, 0.6) is 0 Å². The van der Waals surface area contributed by atoms with Crippen molar-refractivity contribution in [1.29, 1.82) is 0 Å². The molecule has 5 heavy (non-hydrogen) atoms. The third-order valence-electron chi connectivity index (χ3n) is 0.987. The molecule has 0 nitrogen and oxygen atoms in total. The first-order valence-corrected chi connectivity index (χ1v) is 4.69. The van der Waals surface area contributed by atoms with Crippen LogP contribution in [0.25, 0.3) is 0 Å². The molecule has 0 unspecified atom stereocenters. The zero-order chi connectivity index (χ0) is 3.91. The number of hydrogen-bond donors (Lipinski definition) is 1. The first kappa shape index (κ1) is 3.60. The molecule has 1 aliphatic rings. The molecule has 0 aromatic rings. The molecule has 1 fully saturated rings. The second kappa shape index (κ2) is 0.727. The molecule has 1 saturated heterocycles. The van der Waals surface area contributed by atoms with Gasteiger partial charge < -0.3 is 0 Å². The van der Waals surface area contributed by atoms with Crippen molar-refractivity contribution in [2.24, 2.45) is 0 Å². The van der Waals surface area contributed by atoms with E-state index in [1.807, 2.05) is 0 Å². The van der Waals surface area contributed by atoms with Gasteiger partial charge in [0.2, 0.25) is 0 Å². The third kappa shape index (κ3) is 0.878. The van der Waals surface area contributed by atoms with E-state index in [2.05, 4.69) is 13.0 Å². The van der Waals surface area contributed by atoms with E-state index in [4.69, 9.17) is 0 Å². The fourth-order valence-corrected chi connectivity index (χ4v) is 1.54. The Kier molecular flexibility index (Phi) is 0.523. The van der Waals surface area contributed by atoms with Crippen molar-refractivity contribution >= 4 is 16.2 Å². The Morgan fingerprint density at radius 1 is 1.60 bits per heavy atom. The van der Waals surface area contributed by atoms with E-state index in [9.17, 15) is 0 Å². The van der Waals surface area contributed by atoms with Crippen molar-refractivity contribution < 1.29 is 0 Å². The molecular formula is C3H9BS. The van der Waals surface area contributed by atoms with Crippen molar-refractivity contribution in [3.8, 4) is 0 Å². The molecule has 0 aromatic carbocycles. The van der Waals surface area contributed by atoms with E-state index >= 15 is 0 Å². The summed E-state index contributed by atoms with van der Waals surface area (Å²) in [7, 11) is -0.389. The molecule has 0 bridgehead atoms. The van der Waals surface area contributed by atoms with Gasteiger partial charge in [-0.1, -0.05) is 0 Å². The van der Waals surface area contributed by atoms with Crippen LogP contribution >= 0.6 is 9.45 Å². The van der Waals surface area contributed by atoms with Crippen LogP contribution in [0.15, 0.2) is 0 Å². The molecule has 2 heteroatoms. The van der Waals surface area contributed by atoms with Gasteiger partial charge in [0, 0.05) is 0 Å². The van der Waals surface area contributed by atoms with Gasteiger partial charge in [0.1, 0.15) is 0 Å². The van der Waals surface area contributed by atoms with Crippen LogP contribution < -0.4 is 0 Å². The van der Waals surface area contributed by atoms with Crippen molar-refractivity contribution in [1.82, 2.24) is 0 Å². The van der Waals surface area contributed by atoms with Gasteiger partial charge in [-0.15, -0.1) is 0 Å². The normalized spacial score (nSPS) is 36.0. The van der Waals surface area contributed by atoms with E-state index in [-0.39, 0.29) is 9.45 Å². The zero-order valence-electron chi connectivity index (χ0n) is 3.57. The van der Waals surface area contributed by atoms with Crippen LogP contribution in [0.4, 0.5) is 0 Å². The first-order valence-electron chi connectivity index (χ1n) is 1.90. The SMILES string of the molecule is B=[SH]1(C)CC1. The molecule has 1 rings (SSSR count). The molecule has 1 heterocycles. The Balaban J connectivity index is 2.72. The van der Waals surface area contributed by atoms with Gasteiger partial charge >= 0.3 is 33.9 Å². The minimum atomic E-state index is -0.389. The summed E-state index contributed by atoms with van der Waals surface area (Å²) in [6.45, 7) is 3.99. The maximum absolute atomic E-state index is 3.99. The molecular weight excluding hydrogens is 78.9 g/mol. The molecule has 0 radical (unpaired) electrons. The molecule has 1 aliphatic heterocycles. The number of hydrogen-bond acceptors (Lipinski definition) is 0. The summed E-state index contributed by atoms with van der Waals surface area (Å²) >= 11 is 0. The quantitative estimate of drug-likeness (QED) is 0.240.